The van der Waals surface area contributed by atoms with Crippen molar-refractivity contribution < 1.29 is 0 Å². The smallest absolute Gasteiger partial charge is 0.0530 e. The second-order valence-corrected chi connectivity index (χ2v) is 6.59. The summed E-state index contributed by atoms with van der Waals surface area (Å²) in [5.41, 5.74) is 0. The second kappa shape index (κ2) is 2.33. The van der Waals surface area contributed by atoms with Gasteiger partial charge >= 0.3 is 0 Å². The molecule has 0 fully saturated rings. The highest BCUT2D eigenvalue weighted by atomic mass is 127. The predicted molar refractivity (Wildman–Crippen MR) is 48.0 cm³/mol. The molecule has 0 atom stereocenters. The van der Waals surface area contributed by atoms with Gasteiger partial charge in [0.1, 0.15) is 0 Å². The summed E-state index contributed by atoms with van der Waals surface area (Å²) >= 11 is 8.35. The summed E-state index contributed by atoms with van der Waals surface area (Å²) in [5.74, 6) is 0. The zero-order chi connectivity index (χ0) is 7.00. The lowest BCUT2D eigenvalue weighted by molar-refractivity contribution is 0.567. The summed E-state index contributed by atoms with van der Waals surface area (Å²) in [5, 5.41) is 0. The molecule has 0 aromatic carbocycles. The van der Waals surface area contributed by atoms with Crippen molar-refractivity contribution in [1.29, 1.82) is 0 Å². The van der Waals surface area contributed by atoms with Gasteiger partial charge in [0.15, 0.2) is 0 Å². The van der Waals surface area contributed by atoms with Crippen LogP contribution in [0.3, 0.4) is 0 Å². The van der Waals surface area contributed by atoms with Gasteiger partial charge < -0.3 is 0 Å². The van der Waals surface area contributed by atoms with Gasteiger partial charge in [0.05, 0.1) is 4.87 Å². The monoisotopic (exact) mass is 246 g/mol. The van der Waals surface area contributed by atoms with Crippen LogP contribution in [0.1, 0.15) is 27.7 Å². The fraction of sp³-hybridized carbons (Fsp3) is 1.00. The van der Waals surface area contributed by atoms with Crippen LogP contribution in [0.15, 0.2) is 0 Å². The first kappa shape index (κ1) is 9.02. The van der Waals surface area contributed by atoms with E-state index in [-0.39, 0.29) is 8.30 Å². The molecule has 0 nitrogen and oxygen atoms in total. The third-order valence-electron chi connectivity index (χ3n) is 1.41. The van der Waals surface area contributed by atoms with Gasteiger partial charge in [-0.3, -0.25) is 0 Å². The molecule has 0 aliphatic heterocycles. The Morgan fingerprint density at radius 1 is 1.12 bits per heavy atom. The first-order valence-corrected chi connectivity index (χ1v) is 4.08. The van der Waals surface area contributed by atoms with E-state index in [4.69, 9.17) is 11.6 Å². The Kier molecular flexibility index (Phi) is 2.63. The molecule has 0 rings (SSSR count). The summed E-state index contributed by atoms with van der Waals surface area (Å²) in [6.45, 7) is 8.31. The van der Waals surface area contributed by atoms with Crippen molar-refractivity contribution in [2.75, 3.05) is 0 Å². The zero-order valence-electron chi connectivity index (χ0n) is 5.76. The molecule has 0 aromatic heterocycles. The lowest BCUT2D eigenvalue weighted by Crippen LogP contribution is -2.33. The third kappa shape index (κ3) is 2.53. The highest BCUT2D eigenvalue weighted by Crippen LogP contribution is 2.35. The van der Waals surface area contributed by atoms with Crippen molar-refractivity contribution in [3.63, 3.8) is 0 Å². The molecule has 0 heterocycles. The van der Waals surface area contributed by atoms with Crippen molar-refractivity contribution >= 4 is 34.2 Å². The molecule has 0 amide bonds. The number of halogens is 2. The van der Waals surface area contributed by atoms with Crippen LogP contribution >= 0.6 is 34.2 Å². The topological polar surface area (TPSA) is 0 Å². The van der Waals surface area contributed by atoms with Gasteiger partial charge in [-0.1, -0.05) is 22.6 Å². The highest BCUT2D eigenvalue weighted by molar-refractivity contribution is 14.1. The van der Waals surface area contributed by atoms with Crippen LogP contribution in [0, 0.1) is 0 Å². The fourth-order valence-electron chi connectivity index (χ4n) is 0. The Labute approximate surface area is 70.1 Å². The average molecular weight is 247 g/mol. The molecule has 0 unspecified atom stereocenters. The van der Waals surface area contributed by atoms with Gasteiger partial charge in [-0.2, -0.15) is 0 Å². The van der Waals surface area contributed by atoms with Crippen LogP contribution < -0.4 is 0 Å². The van der Waals surface area contributed by atoms with Gasteiger partial charge in [0.2, 0.25) is 0 Å². The average Bonchev–Trinajstić information content (AvgIpc) is 1.25. The van der Waals surface area contributed by atoms with Crippen molar-refractivity contribution in [2.24, 2.45) is 0 Å². The Bertz CT molecular complexity index is 63.5. The van der Waals surface area contributed by atoms with Gasteiger partial charge in [0.25, 0.3) is 0 Å². The summed E-state index contributed by atoms with van der Waals surface area (Å²) in [6.07, 6.45) is 0. The Morgan fingerprint density at radius 3 is 1.25 bits per heavy atom. The molecule has 0 bridgehead atoms. The van der Waals surface area contributed by atoms with Crippen LogP contribution in [0.5, 0.6) is 0 Å². The van der Waals surface area contributed by atoms with E-state index in [1.807, 2.05) is 13.8 Å². The summed E-state index contributed by atoms with van der Waals surface area (Å²) < 4.78 is 0.173. The number of rotatable bonds is 1. The molecule has 0 aliphatic rings. The molecule has 0 aliphatic carbocycles. The molecule has 50 valence electrons. The Morgan fingerprint density at radius 2 is 1.25 bits per heavy atom. The minimum atomic E-state index is -0.104. The molecular formula is C6H12ClI. The molecule has 0 radical (unpaired) electrons. The first-order valence-electron chi connectivity index (χ1n) is 2.63. The standard InChI is InChI=1S/C6H12ClI/c1-5(2,7)6(3,4)8/h1-4H3. The largest absolute Gasteiger partial charge is 0.118 e. The molecule has 0 saturated carbocycles. The van der Waals surface area contributed by atoms with Crippen molar-refractivity contribution in [3.8, 4) is 0 Å². The van der Waals surface area contributed by atoms with Gasteiger partial charge in [-0.15, -0.1) is 11.6 Å². The maximum absolute atomic E-state index is 6.00. The van der Waals surface area contributed by atoms with E-state index in [0.717, 1.165) is 0 Å². The summed E-state index contributed by atoms with van der Waals surface area (Å²) in [6, 6.07) is 0. The van der Waals surface area contributed by atoms with Crippen molar-refractivity contribution in [3.05, 3.63) is 0 Å². The van der Waals surface area contributed by atoms with E-state index in [0.29, 0.717) is 0 Å². The molecule has 2 heteroatoms. The van der Waals surface area contributed by atoms with Crippen LogP contribution in [0.4, 0.5) is 0 Å². The van der Waals surface area contributed by atoms with E-state index < -0.39 is 0 Å². The molecule has 0 saturated heterocycles. The van der Waals surface area contributed by atoms with E-state index in [2.05, 4.69) is 36.4 Å². The first-order chi connectivity index (χ1) is 3.25. The van der Waals surface area contributed by atoms with Crippen LogP contribution in [-0.2, 0) is 0 Å². The normalized spacial score (nSPS) is 14.2. The predicted octanol–water partition coefficient (Wildman–Crippen LogP) is 3.22. The maximum atomic E-state index is 6.00. The fourth-order valence-corrected chi connectivity index (χ4v) is 0. The third-order valence-corrected chi connectivity index (χ3v) is 3.55. The zero-order valence-corrected chi connectivity index (χ0v) is 8.67. The molecule has 0 spiro atoms. The second-order valence-electron chi connectivity index (χ2n) is 2.94. The minimum absolute atomic E-state index is 0.104. The maximum Gasteiger partial charge on any atom is 0.0530 e. The van der Waals surface area contributed by atoms with Crippen LogP contribution in [-0.4, -0.2) is 8.30 Å². The lowest BCUT2D eigenvalue weighted by Gasteiger charge is -2.30. The van der Waals surface area contributed by atoms with Crippen molar-refractivity contribution in [1.82, 2.24) is 0 Å². The van der Waals surface area contributed by atoms with Gasteiger partial charge in [-0.05, 0) is 27.7 Å². The van der Waals surface area contributed by atoms with Crippen LogP contribution in [0.25, 0.3) is 0 Å². The number of alkyl halides is 2. The van der Waals surface area contributed by atoms with E-state index in [1.165, 1.54) is 0 Å². The molecule has 8 heavy (non-hydrogen) atoms. The highest BCUT2D eigenvalue weighted by Gasteiger charge is 2.31. The van der Waals surface area contributed by atoms with Crippen molar-refractivity contribution in [2.45, 2.75) is 36.0 Å². The molecule has 0 aromatic rings. The quantitative estimate of drug-likeness (QED) is 0.492. The SMILES string of the molecule is CC(C)(Cl)C(C)(C)I. The van der Waals surface area contributed by atoms with E-state index in [1.54, 1.807) is 0 Å². The summed E-state index contributed by atoms with van der Waals surface area (Å²) in [4.78, 5) is -0.104. The summed E-state index contributed by atoms with van der Waals surface area (Å²) in [7, 11) is 0. The molecule has 0 N–H and O–H groups in total. The lowest BCUT2D eigenvalue weighted by atomic mass is 10.00. The molecular weight excluding hydrogens is 234 g/mol. The Hall–Kier alpha value is 1.02. The van der Waals surface area contributed by atoms with E-state index >= 15 is 0 Å². The van der Waals surface area contributed by atoms with Gasteiger partial charge in [0, 0.05) is 3.42 Å². The number of hydrogen-bond acceptors (Lipinski definition) is 0. The Balaban J connectivity index is 4.02. The van der Waals surface area contributed by atoms with Crippen LogP contribution in [0.2, 0.25) is 0 Å². The van der Waals surface area contributed by atoms with E-state index in [9.17, 15) is 0 Å². The minimum Gasteiger partial charge on any atom is -0.118 e. The number of hydrogen-bond donors (Lipinski definition) is 0. The van der Waals surface area contributed by atoms with Gasteiger partial charge in [-0.25, -0.2) is 0 Å².